The summed E-state index contributed by atoms with van der Waals surface area (Å²) in [5, 5.41) is 6.14. The van der Waals surface area contributed by atoms with Crippen molar-refractivity contribution in [3.05, 3.63) is 35.4 Å². The SMILES string of the molecule is CNC(=O)c1ccc(CNCC2(C)CCOCC2)cc1. The van der Waals surface area contributed by atoms with Crippen LogP contribution in [0.1, 0.15) is 35.7 Å². The molecule has 4 nitrogen and oxygen atoms in total. The van der Waals surface area contributed by atoms with E-state index >= 15 is 0 Å². The lowest BCUT2D eigenvalue weighted by molar-refractivity contribution is 0.0240. The van der Waals surface area contributed by atoms with Crippen molar-refractivity contribution in [2.45, 2.75) is 26.3 Å². The summed E-state index contributed by atoms with van der Waals surface area (Å²) in [7, 11) is 1.65. The molecule has 1 aliphatic heterocycles. The standard InChI is InChI=1S/C16H24N2O2/c1-16(7-9-20-10-8-16)12-18-11-13-3-5-14(6-4-13)15(19)17-2/h3-6,18H,7-12H2,1-2H3,(H,17,19). The molecule has 110 valence electrons. The molecule has 1 fully saturated rings. The molecule has 0 saturated carbocycles. The van der Waals surface area contributed by atoms with Crippen molar-refractivity contribution >= 4 is 5.91 Å². The lowest BCUT2D eigenvalue weighted by Gasteiger charge is -2.33. The first-order valence-corrected chi connectivity index (χ1v) is 7.22. The van der Waals surface area contributed by atoms with Crippen LogP contribution in [0.15, 0.2) is 24.3 Å². The monoisotopic (exact) mass is 276 g/mol. The maximum Gasteiger partial charge on any atom is 0.251 e. The summed E-state index contributed by atoms with van der Waals surface area (Å²) < 4.78 is 5.41. The van der Waals surface area contributed by atoms with Crippen LogP contribution in [0.25, 0.3) is 0 Å². The Balaban J connectivity index is 1.80. The molecule has 1 saturated heterocycles. The van der Waals surface area contributed by atoms with Gasteiger partial charge >= 0.3 is 0 Å². The highest BCUT2D eigenvalue weighted by Crippen LogP contribution is 2.28. The zero-order valence-corrected chi connectivity index (χ0v) is 12.4. The third-order valence-electron chi connectivity index (χ3n) is 4.02. The fourth-order valence-corrected chi connectivity index (χ4v) is 2.47. The van der Waals surface area contributed by atoms with Gasteiger partial charge in [-0.1, -0.05) is 19.1 Å². The summed E-state index contributed by atoms with van der Waals surface area (Å²) in [5.74, 6) is -0.0424. The van der Waals surface area contributed by atoms with E-state index in [0.29, 0.717) is 11.0 Å². The summed E-state index contributed by atoms with van der Waals surface area (Å²) in [5.41, 5.74) is 2.25. The molecule has 1 amide bonds. The van der Waals surface area contributed by atoms with Gasteiger partial charge in [-0.25, -0.2) is 0 Å². The molecular weight excluding hydrogens is 252 g/mol. The molecule has 2 N–H and O–H groups in total. The van der Waals surface area contributed by atoms with Crippen molar-refractivity contribution in [1.82, 2.24) is 10.6 Å². The second-order valence-electron chi connectivity index (χ2n) is 5.80. The molecule has 4 heteroatoms. The summed E-state index contributed by atoms with van der Waals surface area (Å²) in [6, 6.07) is 7.74. The second kappa shape index (κ2) is 6.86. The van der Waals surface area contributed by atoms with Gasteiger partial charge in [0, 0.05) is 38.9 Å². The number of hydrogen-bond acceptors (Lipinski definition) is 3. The topological polar surface area (TPSA) is 50.4 Å². The molecule has 0 spiro atoms. The predicted octanol–water partition coefficient (Wildman–Crippen LogP) is 1.95. The highest BCUT2D eigenvalue weighted by Gasteiger charge is 2.26. The van der Waals surface area contributed by atoms with Crippen molar-refractivity contribution in [2.75, 3.05) is 26.8 Å². The second-order valence-corrected chi connectivity index (χ2v) is 5.80. The molecular formula is C16H24N2O2. The van der Waals surface area contributed by atoms with Gasteiger partial charge in [-0.05, 0) is 36.0 Å². The predicted molar refractivity (Wildman–Crippen MR) is 79.7 cm³/mol. The Kier molecular flexibility index (Phi) is 5.15. The van der Waals surface area contributed by atoms with Crippen LogP contribution in [0.2, 0.25) is 0 Å². The Morgan fingerprint density at radius 1 is 1.25 bits per heavy atom. The normalized spacial score (nSPS) is 17.7. The summed E-state index contributed by atoms with van der Waals surface area (Å²) in [4.78, 5) is 11.4. The third kappa shape index (κ3) is 4.05. The molecule has 1 heterocycles. The molecule has 0 aromatic heterocycles. The van der Waals surface area contributed by atoms with Gasteiger partial charge in [-0.15, -0.1) is 0 Å². The van der Waals surface area contributed by atoms with Gasteiger partial charge in [-0.3, -0.25) is 4.79 Å². The number of rotatable bonds is 5. The fourth-order valence-electron chi connectivity index (χ4n) is 2.47. The van der Waals surface area contributed by atoms with Crippen LogP contribution in [0.3, 0.4) is 0 Å². The number of carbonyl (C=O) groups is 1. The molecule has 2 rings (SSSR count). The Morgan fingerprint density at radius 2 is 1.90 bits per heavy atom. The number of amides is 1. The van der Waals surface area contributed by atoms with Crippen molar-refractivity contribution in [3.8, 4) is 0 Å². The molecule has 20 heavy (non-hydrogen) atoms. The van der Waals surface area contributed by atoms with Crippen molar-refractivity contribution in [2.24, 2.45) is 5.41 Å². The molecule has 0 radical (unpaired) electrons. The van der Waals surface area contributed by atoms with Crippen molar-refractivity contribution < 1.29 is 9.53 Å². The summed E-state index contributed by atoms with van der Waals surface area (Å²) >= 11 is 0. The smallest absolute Gasteiger partial charge is 0.251 e. The molecule has 0 aliphatic carbocycles. The van der Waals surface area contributed by atoms with Gasteiger partial charge in [-0.2, -0.15) is 0 Å². The molecule has 1 aliphatic rings. The molecule has 0 unspecified atom stereocenters. The van der Waals surface area contributed by atoms with Gasteiger partial charge in [0.2, 0.25) is 0 Å². The first-order valence-electron chi connectivity index (χ1n) is 7.22. The maximum atomic E-state index is 11.4. The van der Waals surface area contributed by atoms with E-state index in [2.05, 4.69) is 17.6 Å². The Bertz CT molecular complexity index is 436. The molecule has 0 bridgehead atoms. The van der Waals surface area contributed by atoms with Crippen LogP contribution >= 0.6 is 0 Å². The van der Waals surface area contributed by atoms with Crippen LogP contribution in [-0.2, 0) is 11.3 Å². The molecule has 1 aromatic carbocycles. The van der Waals surface area contributed by atoms with Crippen molar-refractivity contribution in [1.29, 1.82) is 0 Å². The van der Waals surface area contributed by atoms with Crippen LogP contribution in [0.4, 0.5) is 0 Å². The average Bonchev–Trinajstić information content (AvgIpc) is 2.48. The minimum atomic E-state index is -0.0424. The van der Waals surface area contributed by atoms with Crippen LogP contribution in [0, 0.1) is 5.41 Å². The summed E-state index contributed by atoms with van der Waals surface area (Å²) in [6.07, 6.45) is 2.24. The minimum Gasteiger partial charge on any atom is -0.381 e. The van der Waals surface area contributed by atoms with Gasteiger partial charge in [0.1, 0.15) is 0 Å². The molecule has 1 aromatic rings. The lowest BCUT2D eigenvalue weighted by Crippen LogP contribution is -2.36. The Labute approximate surface area is 120 Å². The fraction of sp³-hybridized carbons (Fsp3) is 0.562. The number of benzene rings is 1. The minimum absolute atomic E-state index is 0.0424. The van der Waals surface area contributed by atoms with Crippen LogP contribution in [0.5, 0.6) is 0 Å². The Hall–Kier alpha value is -1.39. The van der Waals surface area contributed by atoms with E-state index in [1.54, 1.807) is 7.05 Å². The number of nitrogens with one attached hydrogen (secondary N) is 2. The van der Waals surface area contributed by atoms with Gasteiger partial charge < -0.3 is 15.4 Å². The van der Waals surface area contributed by atoms with Gasteiger partial charge in [0.25, 0.3) is 5.91 Å². The first-order chi connectivity index (χ1) is 9.63. The van der Waals surface area contributed by atoms with E-state index in [1.165, 1.54) is 5.56 Å². The zero-order chi connectivity index (χ0) is 14.4. The highest BCUT2D eigenvalue weighted by atomic mass is 16.5. The first kappa shape index (κ1) is 15.0. The zero-order valence-electron chi connectivity index (χ0n) is 12.4. The van der Waals surface area contributed by atoms with Crippen LogP contribution < -0.4 is 10.6 Å². The molecule has 0 atom stereocenters. The van der Waals surface area contributed by atoms with E-state index < -0.39 is 0 Å². The maximum absolute atomic E-state index is 11.4. The van der Waals surface area contributed by atoms with E-state index in [4.69, 9.17) is 4.74 Å². The third-order valence-corrected chi connectivity index (χ3v) is 4.02. The lowest BCUT2D eigenvalue weighted by atomic mass is 9.82. The van der Waals surface area contributed by atoms with E-state index in [0.717, 1.165) is 39.1 Å². The Morgan fingerprint density at radius 3 is 2.50 bits per heavy atom. The summed E-state index contributed by atoms with van der Waals surface area (Å²) in [6.45, 7) is 5.91. The van der Waals surface area contributed by atoms with E-state index in [-0.39, 0.29) is 5.91 Å². The number of hydrogen-bond donors (Lipinski definition) is 2. The van der Waals surface area contributed by atoms with Gasteiger partial charge in [0.05, 0.1) is 0 Å². The number of carbonyl (C=O) groups excluding carboxylic acids is 1. The largest absolute Gasteiger partial charge is 0.381 e. The van der Waals surface area contributed by atoms with Gasteiger partial charge in [0.15, 0.2) is 0 Å². The number of ether oxygens (including phenoxy) is 1. The average molecular weight is 276 g/mol. The van der Waals surface area contributed by atoms with Crippen molar-refractivity contribution in [3.63, 3.8) is 0 Å². The highest BCUT2D eigenvalue weighted by molar-refractivity contribution is 5.93. The van der Waals surface area contributed by atoms with Crippen LogP contribution in [-0.4, -0.2) is 32.7 Å². The van der Waals surface area contributed by atoms with E-state index in [9.17, 15) is 4.79 Å². The quantitative estimate of drug-likeness (QED) is 0.864. The van der Waals surface area contributed by atoms with E-state index in [1.807, 2.05) is 24.3 Å².